The lowest BCUT2D eigenvalue weighted by Gasteiger charge is -2.39. The molecule has 0 aromatic heterocycles. The van der Waals surface area contributed by atoms with E-state index in [2.05, 4.69) is 11.4 Å². The minimum Gasteiger partial charge on any atom is -0.442 e. The Morgan fingerprint density at radius 2 is 2.00 bits per heavy atom. The van der Waals surface area contributed by atoms with Gasteiger partial charge in [0.15, 0.2) is 5.92 Å². The summed E-state index contributed by atoms with van der Waals surface area (Å²) in [5, 5.41) is 30.5. The molecule has 160 valence electrons. The molecule has 2 heterocycles. The van der Waals surface area contributed by atoms with E-state index in [9.17, 15) is 29.8 Å². The number of amides is 2. The Labute approximate surface area is 179 Å². The van der Waals surface area contributed by atoms with Crippen molar-refractivity contribution in [3.63, 3.8) is 0 Å². The molecule has 1 aromatic carbocycles. The molecular weight excluding hydrogens is 403 g/mol. The number of nitriles is 3. The van der Waals surface area contributed by atoms with Gasteiger partial charge in [-0.1, -0.05) is 0 Å². The highest BCUT2D eigenvalue weighted by atomic mass is 19.1. The summed E-state index contributed by atoms with van der Waals surface area (Å²) < 4.78 is 20.1. The van der Waals surface area contributed by atoms with Gasteiger partial charge in [0, 0.05) is 20.0 Å². The van der Waals surface area contributed by atoms with E-state index in [4.69, 9.17) is 4.74 Å². The first-order valence-electron chi connectivity index (χ1n) is 9.81. The van der Waals surface area contributed by atoms with Crippen LogP contribution in [0.5, 0.6) is 0 Å². The van der Waals surface area contributed by atoms with Crippen LogP contribution in [0.4, 0.5) is 20.6 Å². The maximum Gasteiger partial charge on any atom is 0.414 e. The molecule has 1 N–H and O–H groups in total. The zero-order chi connectivity index (χ0) is 22.6. The number of hydrogen-bond acceptors (Lipinski definition) is 7. The van der Waals surface area contributed by atoms with Crippen molar-refractivity contribution in [2.45, 2.75) is 25.9 Å². The van der Waals surface area contributed by atoms with Crippen LogP contribution < -0.4 is 15.1 Å². The summed E-state index contributed by atoms with van der Waals surface area (Å²) in [6.45, 7) is 2.39. The van der Waals surface area contributed by atoms with Crippen LogP contribution in [0.2, 0.25) is 0 Å². The zero-order valence-corrected chi connectivity index (χ0v) is 17.0. The van der Waals surface area contributed by atoms with Crippen molar-refractivity contribution in [3.8, 4) is 18.2 Å². The maximum atomic E-state index is 14.9. The normalized spacial score (nSPS) is 19.9. The molecule has 2 amide bonds. The van der Waals surface area contributed by atoms with E-state index < -0.39 is 29.3 Å². The number of rotatable bonds is 5. The lowest BCUT2D eigenvalue weighted by molar-refractivity contribution is -0.119. The Bertz CT molecular complexity index is 986. The molecule has 0 aliphatic carbocycles. The monoisotopic (exact) mass is 424 g/mol. The van der Waals surface area contributed by atoms with Crippen LogP contribution in [0.25, 0.3) is 0 Å². The molecule has 2 aliphatic rings. The number of carbonyl (C=O) groups excluding carboxylic acids is 2. The van der Waals surface area contributed by atoms with Crippen molar-refractivity contribution >= 4 is 23.4 Å². The first-order valence-corrected chi connectivity index (χ1v) is 9.81. The van der Waals surface area contributed by atoms with E-state index in [1.165, 1.54) is 17.9 Å². The number of ether oxygens (including phenoxy) is 1. The number of halogens is 1. The number of nitrogens with one attached hydrogen (secondary N) is 1. The summed E-state index contributed by atoms with van der Waals surface area (Å²) in [5.41, 5.74) is -0.393. The Kier molecular flexibility index (Phi) is 6.27. The quantitative estimate of drug-likeness (QED) is 0.765. The van der Waals surface area contributed by atoms with Crippen molar-refractivity contribution in [1.29, 1.82) is 15.8 Å². The fourth-order valence-corrected chi connectivity index (χ4v) is 3.90. The van der Waals surface area contributed by atoms with Gasteiger partial charge in [-0.15, -0.1) is 0 Å². The Morgan fingerprint density at radius 3 is 2.55 bits per heavy atom. The molecule has 31 heavy (non-hydrogen) atoms. The minimum atomic E-state index is -1.06. The van der Waals surface area contributed by atoms with E-state index in [-0.39, 0.29) is 31.8 Å². The van der Waals surface area contributed by atoms with Gasteiger partial charge in [0.2, 0.25) is 5.91 Å². The number of anilines is 2. The molecule has 0 saturated carbocycles. The van der Waals surface area contributed by atoms with Gasteiger partial charge >= 0.3 is 6.09 Å². The second kappa shape index (κ2) is 8.89. The number of cyclic esters (lactones) is 1. The summed E-state index contributed by atoms with van der Waals surface area (Å²) in [4.78, 5) is 26.2. The molecule has 3 rings (SSSR count). The van der Waals surface area contributed by atoms with Crippen LogP contribution in [0.1, 0.15) is 19.8 Å². The molecule has 1 atom stereocenters. The summed E-state index contributed by atoms with van der Waals surface area (Å²) in [6, 6.07) is 10.3. The topological polar surface area (TPSA) is 133 Å². The van der Waals surface area contributed by atoms with Crippen molar-refractivity contribution in [2.24, 2.45) is 11.3 Å². The van der Waals surface area contributed by atoms with Gasteiger partial charge in [0.1, 0.15) is 11.9 Å². The van der Waals surface area contributed by atoms with Crippen LogP contribution in [-0.4, -0.2) is 44.3 Å². The average Bonchev–Trinajstić information content (AvgIpc) is 3.14. The van der Waals surface area contributed by atoms with Gasteiger partial charge in [0.05, 0.1) is 48.1 Å². The third kappa shape index (κ3) is 4.36. The fraction of sp³-hybridized carbons (Fsp3) is 0.476. The lowest BCUT2D eigenvalue weighted by Crippen LogP contribution is -2.43. The van der Waals surface area contributed by atoms with Crippen molar-refractivity contribution < 1.29 is 18.7 Å². The summed E-state index contributed by atoms with van der Waals surface area (Å²) in [7, 11) is 0. The molecular formula is C21H21FN6O3. The van der Waals surface area contributed by atoms with Gasteiger partial charge in [-0.25, -0.2) is 9.18 Å². The van der Waals surface area contributed by atoms with E-state index in [0.717, 1.165) is 0 Å². The molecule has 9 nitrogen and oxygen atoms in total. The molecule has 2 fully saturated rings. The Morgan fingerprint density at radius 1 is 1.32 bits per heavy atom. The zero-order valence-electron chi connectivity index (χ0n) is 17.0. The summed E-state index contributed by atoms with van der Waals surface area (Å²) in [6.07, 6.45) is -0.577. The first-order chi connectivity index (χ1) is 14.8. The largest absolute Gasteiger partial charge is 0.442 e. The van der Waals surface area contributed by atoms with Crippen LogP contribution in [0, 0.1) is 51.1 Å². The molecule has 0 bridgehead atoms. The van der Waals surface area contributed by atoms with Gasteiger partial charge in [-0.3, -0.25) is 9.69 Å². The summed E-state index contributed by atoms with van der Waals surface area (Å²) >= 11 is 0. The Balaban J connectivity index is 1.69. The predicted octanol–water partition coefficient (Wildman–Crippen LogP) is 2.06. The van der Waals surface area contributed by atoms with Crippen molar-refractivity contribution in [2.75, 3.05) is 36.0 Å². The standard InChI is InChI=1S/C21H21FN6O3/c1-14(29)26-11-17-12-28(20(30)31-17)16-2-3-19(18(22)8-16)27-6-4-21(13-25,5-7-27)15(9-23)10-24/h2-3,8,15,17H,4-7,11-12H2,1H3,(H,26,29)/t17-/m0/s1. The fourth-order valence-electron chi connectivity index (χ4n) is 3.90. The SMILES string of the molecule is CC(=O)NC[C@H]1CN(c2ccc(N3CCC(C#N)(C(C#N)C#N)CC3)c(F)c2)C(=O)O1. The van der Waals surface area contributed by atoms with Crippen LogP contribution >= 0.6 is 0 Å². The molecule has 2 saturated heterocycles. The van der Waals surface area contributed by atoms with Gasteiger partial charge in [-0.05, 0) is 31.0 Å². The van der Waals surface area contributed by atoms with E-state index in [1.54, 1.807) is 17.0 Å². The molecule has 0 spiro atoms. The van der Waals surface area contributed by atoms with Gasteiger partial charge in [-0.2, -0.15) is 15.8 Å². The van der Waals surface area contributed by atoms with Gasteiger partial charge < -0.3 is 15.0 Å². The number of nitrogens with zero attached hydrogens (tertiary/aromatic N) is 5. The highest BCUT2D eigenvalue weighted by molar-refractivity contribution is 5.90. The highest BCUT2D eigenvalue weighted by Gasteiger charge is 2.43. The average molecular weight is 424 g/mol. The van der Waals surface area contributed by atoms with Gasteiger partial charge in [0.25, 0.3) is 0 Å². The minimum absolute atomic E-state index is 0.180. The van der Waals surface area contributed by atoms with Crippen LogP contribution in [0.15, 0.2) is 18.2 Å². The summed E-state index contributed by atoms with van der Waals surface area (Å²) in [5.74, 6) is -1.79. The van der Waals surface area contributed by atoms with Crippen LogP contribution in [0.3, 0.4) is 0 Å². The molecule has 0 unspecified atom stereocenters. The second-order valence-electron chi connectivity index (χ2n) is 7.64. The maximum absolute atomic E-state index is 14.9. The molecule has 1 aromatic rings. The van der Waals surface area contributed by atoms with E-state index in [1.807, 2.05) is 12.1 Å². The third-order valence-corrected chi connectivity index (χ3v) is 5.73. The first kappa shape index (κ1) is 21.9. The van der Waals surface area contributed by atoms with E-state index >= 15 is 0 Å². The smallest absolute Gasteiger partial charge is 0.414 e. The lowest BCUT2D eigenvalue weighted by atomic mass is 9.71. The highest BCUT2D eigenvalue weighted by Crippen LogP contribution is 2.40. The second-order valence-corrected chi connectivity index (χ2v) is 7.64. The Hall–Kier alpha value is -3.84. The van der Waals surface area contributed by atoms with Crippen molar-refractivity contribution in [3.05, 3.63) is 24.0 Å². The van der Waals surface area contributed by atoms with E-state index in [0.29, 0.717) is 24.5 Å². The molecule has 2 aliphatic heterocycles. The number of benzene rings is 1. The molecule has 0 radical (unpaired) electrons. The predicted molar refractivity (Wildman–Crippen MR) is 107 cm³/mol. The number of carbonyl (C=O) groups is 2. The third-order valence-electron chi connectivity index (χ3n) is 5.73. The number of piperidine rings is 1. The molecule has 10 heteroatoms. The van der Waals surface area contributed by atoms with Crippen molar-refractivity contribution in [1.82, 2.24) is 5.32 Å². The van der Waals surface area contributed by atoms with Crippen LogP contribution in [-0.2, 0) is 9.53 Å². The number of hydrogen-bond donors (Lipinski definition) is 1.